The third-order valence-corrected chi connectivity index (χ3v) is 8.10. The van der Waals surface area contributed by atoms with Crippen molar-refractivity contribution in [3.63, 3.8) is 0 Å². The second-order valence-electron chi connectivity index (χ2n) is 7.71. The Morgan fingerprint density at radius 2 is 1.68 bits per heavy atom. The van der Waals surface area contributed by atoms with Crippen LogP contribution < -0.4 is 9.64 Å². The fourth-order valence-electron chi connectivity index (χ4n) is 4.29. The number of amides is 1. The van der Waals surface area contributed by atoms with E-state index in [9.17, 15) is 13.2 Å². The van der Waals surface area contributed by atoms with Gasteiger partial charge in [-0.15, -0.1) is 0 Å². The van der Waals surface area contributed by atoms with Gasteiger partial charge in [0, 0.05) is 37.7 Å². The molecule has 0 saturated carbocycles. The van der Waals surface area contributed by atoms with E-state index in [4.69, 9.17) is 16.3 Å². The molecule has 2 aliphatic rings. The third kappa shape index (κ3) is 4.37. The molecule has 1 amide bonds. The molecular weight excluding hydrogens is 438 g/mol. The van der Waals surface area contributed by atoms with Gasteiger partial charge >= 0.3 is 0 Å². The summed E-state index contributed by atoms with van der Waals surface area (Å²) < 4.78 is 33.1. The number of methoxy groups -OCH3 is 1. The van der Waals surface area contributed by atoms with Gasteiger partial charge in [-0.3, -0.25) is 4.79 Å². The average Bonchev–Trinajstić information content (AvgIpc) is 3.30. The number of ether oxygens (including phenoxy) is 1. The summed E-state index contributed by atoms with van der Waals surface area (Å²) in [5, 5.41) is 0.473. The zero-order chi connectivity index (χ0) is 22.0. The highest BCUT2D eigenvalue weighted by molar-refractivity contribution is 7.89. The number of nitrogens with zero attached hydrogens (tertiary/aromatic N) is 3. The molecule has 0 aromatic heterocycles. The van der Waals surface area contributed by atoms with E-state index in [-0.39, 0.29) is 10.8 Å². The lowest BCUT2D eigenvalue weighted by Gasteiger charge is -2.38. The number of sulfonamides is 1. The summed E-state index contributed by atoms with van der Waals surface area (Å²) in [6, 6.07) is 13.3. The second-order valence-corrected chi connectivity index (χ2v) is 10.0. The fraction of sp³-hybridized carbons (Fsp3) is 0.409. The normalized spacial score (nSPS) is 20.1. The van der Waals surface area contributed by atoms with Gasteiger partial charge in [0.1, 0.15) is 11.8 Å². The highest BCUT2D eigenvalue weighted by Crippen LogP contribution is 2.30. The molecule has 1 unspecified atom stereocenters. The average molecular weight is 464 g/mol. The van der Waals surface area contributed by atoms with E-state index in [1.807, 2.05) is 24.3 Å². The highest BCUT2D eigenvalue weighted by atomic mass is 35.5. The van der Waals surface area contributed by atoms with Crippen LogP contribution in [0.4, 0.5) is 5.69 Å². The van der Waals surface area contributed by atoms with Gasteiger partial charge in [-0.25, -0.2) is 8.42 Å². The summed E-state index contributed by atoms with van der Waals surface area (Å²) >= 11 is 5.90. The van der Waals surface area contributed by atoms with E-state index in [2.05, 4.69) is 4.90 Å². The minimum atomic E-state index is -3.75. The van der Waals surface area contributed by atoms with Crippen LogP contribution in [-0.4, -0.2) is 69.4 Å². The smallest absolute Gasteiger partial charge is 0.243 e. The van der Waals surface area contributed by atoms with Crippen molar-refractivity contribution < 1.29 is 17.9 Å². The Balaban J connectivity index is 1.45. The topological polar surface area (TPSA) is 70.2 Å². The lowest BCUT2D eigenvalue weighted by molar-refractivity contribution is -0.134. The molecule has 2 fully saturated rings. The molecule has 2 aromatic rings. The van der Waals surface area contributed by atoms with Crippen LogP contribution in [0.25, 0.3) is 0 Å². The molecule has 166 valence electrons. The first-order chi connectivity index (χ1) is 14.9. The molecule has 0 bridgehead atoms. The van der Waals surface area contributed by atoms with Crippen molar-refractivity contribution in [3.8, 4) is 5.75 Å². The first-order valence-electron chi connectivity index (χ1n) is 10.4. The molecule has 1 atom stereocenters. The summed E-state index contributed by atoms with van der Waals surface area (Å²) in [5.74, 6) is 0.688. The number of hydrogen-bond donors (Lipinski definition) is 0. The molecule has 9 heteroatoms. The van der Waals surface area contributed by atoms with Crippen LogP contribution in [0.3, 0.4) is 0 Å². The molecule has 31 heavy (non-hydrogen) atoms. The van der Waals surface area contributed by atoms with E-state index in [1.54, 1.807) is 24.1 Å². The lowest BCUT2D eigenvalue weighted by Crippen LogP contribution is -2.54. The quantitative estimate of drug-likeness (QED) is 0.682. The molecular formula is C22H26ClN3O4S. The van der Waals surface area contributed by atoms with Crippen molar-refractivity contribution in [2.75, 3.05) is 44.7 Å². The maximum Gasteiger partial charge on any atom is 0.243 e. The molecule has 0 aliphatic carbocycles. The van der Waals surface area contributed by atoms with Crippen molar-refractivity contribution in [1.82, 2.24) is 9.21 Å². The Hall–Kier alpha value is -2.29. The summed E-state index contributed by atoms with van der Waals surface area (Å²) in [7, 11) is -2.10. The number of carbonyl (C=O) groups excluding carboxylic acids is 1. The van der Waals surface area contributed by atoms with E-state index < -0.39 is 16.1 Å². The summed E-state index contributed by atoms with van der Waals surface area (Å²) in [6.45, 7) is 2.78. The van der Waals surface area contributed by atoms with Gasteiger partial charge in [0.15, 0.2) is 0 Å². The van der Waals surface area contributed by atoms with E-state index in [1.165, 1.54) is 16.4 Å². The number of para-hydroxylation sites is 2. The maximum absolute atomic E-state index is 13.3. The van der Waals surface area contributed by atoms with Gasteiger partial charge in [0.25, 0.3) is 0 Å². The minimum Gasteiger partial charge on any atom is -0.495 e. The van der Waals surface area contributed by atoms with Gasteiger partial charge in [-0.2, -0.15) is 4.31 Å². The monoisotopic (exact) mass is 463 g/mol. The van der Waals surface area contributed by atoms with Crippen molar-refractivity contribution in [1.29, 1.82) is 0 Å². The molecule has 7 nitrogen and oxygen atoms in total. The van der Waals surface area contributed by atoms with Gasteiger partial charge in [-0.05, 0) is 49.2 Å². The van der Waals surface area contributed by atoms with Crippen LogP contribution in [0.2, 0.25) is 5.02 Å². The Morgan fingerprint density at radius 3 is 2.35 bits per heavy atom. The number of anilines is 1. The summed E-state index contributed by atoms with van der Waals surface area (Å²) in [5.41, 5.74) is 1.00. The van der Waals surface area contributed by atoms with Crippen LogP contribution in [0.1, 0.15) is 12.8 Å². The van der Waals surface area contributed by atoms with E-state index in [0.717, 1.165) is 11.4 Å². The second kappa shape index (κ2) is 9.06. The predicted molar refractivity (Wildman–Crippen MR) is 120 cm³/mol. The number of halogens is 1. The fourth-order valence-corrected chi connectivity index (χ4v) is 6.06. The first kappa shape index (κ1) is 21.9. The zero-order valence-corrected chi connectivity index (χ0v) is 19.0. The molecule has 2 saturated heterocycles. The third-order valence-electron chi connectivity index (χ3n) is 5.93. The van der Waals surface area contributed by atoms with Gasteiger partial charge in [-0.1, -0.05) is 23.7 Å². The molecule has 4 rings (SSSR count). The Bertz CT molecular complexity index is 1040. The van der Waals surface area contributed by atoms with Gasteiger partial charge in [0.2, 0.25) is 15.9 Å². The molecule has 2 aromatic carbocycles. The van der Waals surface area contributed by atoms with Crippen LogP contribution >= 0.6 is 11.6 Å². The first-order valence-corrected chi connectivity index (χ1v) is 12.2. The Kier molecular flexibility index (Phi) is 6.41. The molecule has 0 radical (unpaired) electrons. The molecule has 0 N–H and O–H groups in total. The number of carbonyl (C=O) groups is 1. The summed E-state index contributed by atoms with van der Waals surface area (Å²) in [6.07, 6.45) is 1.21. The zero-order valence-electron chi connectivity index (χ0n) is 17.4. The van der Waals surface area contributed by atoms with Crippen LogP contribution in [-0.2, 0) is 14.8 Å². The van der Waals surface area contributed by atoms with Crippen LogP contribution in [0, 0.1) is 0 Å². The highest BCUT2D eigenvalue weighted by Gasteiger charge is 2.41. The molecule has 2 aliphatic heterocycles. The van der Waals surface area contributed by atoms with Gasteiger partial charge < -0.3 is 14.5 Å². The Morgan fingerprint density at radius 1 is 1.00 bits per heavy atom. The number of rotatable bonds is 5. The van der Waals surface area contributed by atoms with E-state index in [0.29, 0.717) is 50.6 Å². The molecule has 2 heterocycles. The number of benzene rings is 2. The Labute approximate surface area is 188 Å². The van der Waals surface area contributed by atoms with Crippen molar-refractivity contribution >= 4 is 33.2 Å². The van der Waals surface area contributed by atoms with Gasteiger partial charge in [0.05, 0.1) is 17.7 Å². The largest absolute Gasteiger partial charge is 0.495 e. The SMILES string of the molecule is COc1ccccc1N1CCN(C(=O)C2CCCN2S(=O)(=O)c2ccc(Cl)cc2)CC1. The van der Waals surface area contributed by atoms with Crippen LogP contribution in [0.15, 0.2) is 53.4 Å². The van der Waals surface area contributed by atoms with Crippen molar-refractivity contribution in [3.05, 3.63) is 53.6 Å². The maximum atomic E-state index is 13.3. The number of hydrogen-bond acceptors (Lipinski definition) is 5. The van der Waals surface area contributed by atoms with Crippen LogP contribution in [0.5, 0.6) is 5.75 Å². The molecule has 0 spiro atoms. The number of piperazine rings is 1. The predicted octanol–water partition coefficient (Wildman–Crippen LogP) is 2.85. The lowest BCUT2D eigenvalue weighted by atomic mass is 10.1. The van der Waals surface area contributed by atoms with E-state index >= 15 is 0 Å². The van der Waals surface area contributed by atoms with Crippen molar-refractivity contribution in [2.45, 2.75) is 23.8 Å². The minimum absolute atomic E-state index is 0.116. The standard InChI is InChI=1S/C22H26ClN3O4S/c1-30-21-7-3-2-5-19(21)24-13-15-25(16-14-24)22(27)20-6-4-12-26(20)31(28,29)18-10-8-17(23)9-11-18/h2-3,5,7-11,20H,4,6,12-16H2,1H3. The summed E-state index contributed by atoms with van der Waals surface area (Å²) in [4.78, 5) is 17.4. The van der Waals surface area contributed by atoms with Crippen molar-refractivity contribution in [2.24, 2.45) is 0 Å².